The molecule has 5 heteroatoms. The van der Waals surface area contributed by atoms with E-state index in [1.807, 2.05) is 48.9 Å². The van der Waals surface area contributed by atoms with Crippen molar-refractivity contribution in [2.24, 2.45) is 0 Å². The summed E-state index contributed by atoms with van der Waals surface area (Å²) in [5, 5.41) is 0. The zero-order valence-electron chi connectivity index (χ0n) is 16.6. The first-order chi connectivity index (χ1) is 13.0. The molecule has 0 saturated heterocycles. The van der Waals surface area contributed by atoms with Gasteiger partial charge >= 0.3 is 163 Å². The monoisotopic (exact) mass is 375 g/mol. The third-order valence-electron chi connectivity index (χ3n) is 4.45. The van der Waals surface area contributed by atoms with Crippen LogP contribution in [0.5, 0.6) is 0 Å². The summed E-state index contributed by atoms with van der Waals surface area (Å²) in [7, 11) is -1.29. The van der Waals surface area contributed by atoms with Crippen molar-refractivity contribution in [3.63, 3.8) is 0 Å². The molecule has 0 aromatic carbocycles. The SMILES string of the molecule is C/C(C[PH](C)(C)C)=C(/B(c1ccccn1)c1ccccn1)c1ccccn1. The Labute approximate surface area is 163 Å². The van der Waals surface area contributed by atoms with Gasteiger partial charge in [0.15, 0.2) is 0 Å². The van der Waals surface area contributed by atoms with E-state index in [-0.39, 0.29) is 6.71 Å². The first-order valence-electron chi connectivity index (χ1n) is 9.38. The van der Waals surface area contributed by atoms with Gasteiger partial charge in [0.05, 0.1) is 0 Å². The predicted molar refractivity (Wildman–Crippen MR) is 121 cm³/mol. The van der Waals surface area contributed by atoms with E-state index in [0.29, 0.717) is 0 Å². The summed E-state index contributed by atoms with van der Waals surface area (Å²) in [6.07, 6.45) is 6.70. The average molecular weight is 375 g/mol. The minimum atomic E-state index is -1.29. The molecule has 3 nitrogen and oxygen atoms in total. The van der Waals surface area contributed by atoms with Crippen LogP contribution in [0.15, 0.2) is 78.8 Å². The number of hydrogen-bond acceptors (Lipinski definition) is 3. The molecule has 3 rings (SSSR count). The number of rotatable bonds is 6. The van der Waals surface area contributed by atoms with Gasteiger partial charge in [0.2, 0.25) is 0 Å². The third-order valence-corrected chi connectivity index (χ3v) is 6.04. The molecule has 0 aliphatic carbocycles. The van der Waals surface area contributed by atoms with Crippen LogP contribution in [0.3, 0.4) is 0 Å². The van der Waals surface area contributed by atoms with Gasteiger partial charge < -0.3 is 0 Å². The van der Waals surface area contributed by atoms with Gasteiger partial charge in [0.1, 0.15) is 0 Å². The summed E-state index contributed by atoms with van der Waals surface area (Å²) in [5.74, 6) is 0. The Morgan fingerprint density at radius 2 is 1.30 bits per heavy atom. The third kappa shape index (κ3) is 5.11. The van der Waals surface area contributed by atoms with Gasteiger partial charge in [0, 0.05) is 0 Å². The van der Waals surface area contributed by atoms with E-state index in [0.717, 1.165) is 23.0 Å². The summed E-state index contributed by atoms with van der Waals surface area (Å²) in [6.45, 7) is 9.44. The summed E-state index contributed by atoms with van der Waals surface area (Å²) >= 11 is 0. The zero-order valence-corrected chi connectivity index (χ0v) is 17.6. The number of pyridine rings is 3. The summed E-state index contributed by atoms with van der Waals surface area (Å²) in [5.41, 5.74) is 5.64. The fourth-order valence-corrected chi connectivity index (χ4v) is 5.35. The van der Waals surface area contributed by atoms with Gasteiger partial charge in [-0.3, -0.25) is 0 Å². The standard InChI is InChI=1S/C22H27BN3P/c1-18(17-27(2,3)4)22(19-11-5-8-14-24-19)23(20-12-6-9-15-25-20)21-13-7-10-16-26-21/h5-16,27H,17H2,1-4H3/b22-18-. The van der Waals surface area contributed by atoms with E-state index < -0.39 is 7.26 Å². The van der Waals surface area contributed by atoms with E-state index in [1.165, 1.54) is 11.0 Å². The average Bonchev–Trinajstić information content (AvgIpc) is 2.66. The van der Waals surface area contributed by atoms with Crippen LogP contribution in [-0.2, 0) is 0 Å². The van der Waals surface area contributed by atoms with Crippen LogP contribution in [0, 0.1) is 0 Å². The van der Waals surface area contributed by atoms with E-state index in [4.69, 9.17) is 15.0 Å². The molecule has 3 aromatic rings. The predicted octanol–water partition coefficient (Wildman–Crippen LogP) is 3.13. The molecule has 0 unspecified atom stereocenters. The molecular weight excluding hydrogens is 348 g/mol. The van der Waals surface area contributed by atoms with Crippen LogP contribution in [0.1, 0.15) is 12.6 Å². The fourth-order valence-electron chi connectivity index (χ4n) is 3.57. The number of nitrogens with zero attached hydrogens (tertiary/aromatic N) is 3. The van der Waals surface area contributed by atoms with Gasteiger partial charge in [-0.25, -0.2) is 0 Å². The van der Waals surface area contributed by atoms with E-state index in [2.05, 4.69) is 51.2 Å². The molecule has 3 heterocycles. The number of hydrogen-bond donors (Lipinski definition) is 0. The molecule has 0 saturated carbocycles. The van der Waals surface area contributed by atoms with Crippen LogP contribution in [0.2, 0.25) is 0 Å². The minimum absolute atomic E-state index is 0.0290. The molecule has 0 aliphatic heterocycles. The summed E-state index contributed by atoms with van der Waals surface area (Å²) < 4.78 is 0. The Balaban J connectivity index is 2.24. The van der Waals surface area contributed by atoms with Crippen LogP contribution in [0.4, 0.5) is 0 Å². The Bertz CT molecular complexity index is 852. The maximum atomic E-state index is 4.70. The van der Waals surface area contributed by atoms with E-state index in [9.17, 15) is 0 Å². The fraction of sp³-hybridized carbons (Fsp3) is 0.227. The van der Waals surface area contributed by atoms with E-state index in [1.54, 1.807) is 0 Å². The van der Waals surface area contributed by atoms with Crippen molar-refractivity contribution in [1.82, 2.24) is 15.0 Å². The van der Waals surface area contributed by atoms with Crippen molar-refractivity contribution in [3.8, 4) is 0 Å². The molecule has 0 aliphatic rings. The van der Waals surface area contributed by atoms with Gasteiger partial charge in [-0.2, -0.15) is 0 Å². The van der Waals surface area contributed by atoms with Crippen LogP contribution < -0.4 is 11.2 Å². The molecule has 0 radical (unpaired) electrons. The molecule has 138 valence electrons. The van der Waals surface area contributed by atoms with Gasteiger partial charge in [-0.1, -0.05) is 0 Å². The normalized spacial score (nSPS) is 13.0. The van der Waals surface area contributed by atoms with Crippen molar-refractivity contribution < 1.29 is 0 Å². The van der Waals surface area contributed by atoms with Gasteiger partial charge in [0.25, 0.3) is 0 Å². The molecule has 0 atom stereocenters. The van der Waals surface area contributed by atoms with Gasteiger partial charge in [-0.15, -0.1) is 0 Å². The Morgan fingerprint density at radius 1 is 0.778 bits per heavy atom. The Kier molecular flexibility index (Phi) is 6.18. The molecule has 27 heavy (non-hydrogen) atoms. The molecule has 0 spiro atoms. The Hall–Kier alpha value is -2.32. The van der Waals surface area contributed by atoms with Gasteiger partial charge in [-0.05, 0) is 0 Å². The summed E-state index contributed by atoms with van der Waals surface area (Å²) in [6, 6.07) is 18.3. The van der Waals surface area contributed by atoms with Crippen molar-refractivity contribution in [2.45, 2.75) is 6.92 Å². The second kappa shape index (κ2) is 8.58. The molecule has 0 fully saturated rings. The number of allylic oxidation sites excluding steroid dienone is 1. The first kappa shape index (κ1) is 19.4. The number of aromatic nitrogens is 3. The zero-order chi connectivity index (χ0) is 19.3. The van der Waals surface area contributed by atoms with Crippen molar-refractivity contribution in [1.29, 1.82) is 0 Å². The first-order valence-corrected chi connectivity index (χ1v) is 13.1. The Morgan fingerprint density at radius 3 is 1.70 bits per heavy atom. The van der Waals surface area contributed by atoms with Crippen LogP contribution in [0.25, 0.3) is 5.47 Å². The molecule has 0 N–H and O–H groups in total. The molecule has 3 aromatic heterocycles. The second-order valence-electron chi connectivity index (χ2n) is 8.09. The second-order valence-corrected chi connectivity index (χ2v) is 13.6. The van der Waals surface area contributed by atoms with Crippen molar-refractivity contribution in [2.75, 3.05) is 26.2 Å². The van der Waals surface area contributed by atoms with Crippen LogP contribution >= 0.6 is 7.26 Å². The van der Waals surface area contributed by atoms with Crippen molar-refractivity contribution >= 4 is 30.6 Å². The molecule has 0 amide bonds. The quantitative estimate of drug-likeness (QED) is 0.491. The summed E-state index contributed by atoms with van der Waals surface area (Å²) in [4.78, 5) is 14.1. The maximum absolute atomic E-state index is 4.70. The topological polar surface area (TPSA) is 38.7 Å². The molecular formula is C22H27BN3P. The van der Waals surface area contributed by atoms with E-state index >= 15 is 0 Å². The van der Waals surface area contributed by atoms with Crippen LogP contribution in [-0.4, -0.2) is 47.8 Å². The molecule has 0 bridgehead atoms. The van der Waals surface area contributed by atoms with Crippen molar-refractivity contribution in [3.05, 3.63) is 84.5 Å².